The van der Waals surface area contributed by atoms with Crippen LogP contribution in [0.3, 0.4) is 0 Å². The fourth-order valence-corrected chi connectivity index (χ4v) is 14.1. The van der Waals surface area contributed by atoms with Crippen molar-refractivity contribution in [1.29, 1.82) is 0 Å². The standard InChI is InChI=1S/C24H32O4.C22H30O2/c1-14-12-18-19(22(4)9-6-17(27)13-21(14)22)7-10-23(5)20(18)8-11-24(23,15(2)25)28-16(3)26;1-4-20(24)22(3)12-10-19-18-7-5-14-13-15(23)6-8-16(14)17(18)9-11-21(19,22)2/h12-13,18-20H,6-11H2,1-5H3;13,18-19H,4-12H2,1-3H3/t18-,19+,20+,22-,23+,24+;18-,19+,21+,22-/m11/s1. The first-order valence-electron chi connectivity index (χ1n) is 20.6. The molecule has 0 radical (unpaired) electrons. The Kier molecular flexibility index (Phi) is 9.26. The molecule has 0 aromatic heterocycles. The molecule has 10 atom stereocenters. The Morgan fingerprint density at radius 3 is 2.13 bits per heavy atom. The lowest BCUT2D eigenvalue weighted by Gasteiger charge is -2.58. The molecule has 0 N–H and O–H groups in total. The van der Waals surface area contributed by atoms with E-state index in [1.165, 1.54) is 42.1 Å². The summed E-state index contributed by atoms with van der Waals surface area (Å²) in [5, 5.41) is 0. The van der Waals surface area contributed by atoms with Crippen LogP contribution in [-0.2, 0) is 28.7 Å². The molecule has 4 fully saturated rings. The molecule has 6 heteroatoms. The minimum absolute atomic E-state index is 0.0160. The summed E-state index contributed by atoms with van der Waals surface area (Å²) in [6.07, 6.45) is 20.3. The lowest BCUT2D eigenvalue weighted by Crippen LogP contribution is -2.58. The highest BCUT2D eigenvalue weighted by Gasteiger charge is 2.68. The van der Waals surface area contributed by atoms with Crippen molar-refractivity contribution >= 4 is 29.1 Å². The first kappa shape index (κ1) is 37.4. The van der Waals surface area contributed by atoms with Crippen molar-refractivity contribution in [3.63, 3.8) is 0 Å². The van der Waals surface area contributed by atoms with E-state index in [1.807, 2.05) is 19.1 Å². The molecule has 0 aromatic carbocycles. The van der Waals surface area contributed by atoms with Gasteiger partial charge in [0.15, 0.2) is 23.0 Å². The average molecular weight is 711 g/mol. The van der Waals surface area contributed by atoms with E-state index in [-0.39, 0.29) is 39.2 Å². The maximum absolute atomic E-state index is 12.8. The third-order valence-corrected chi connectivity index (χ3v) is 17.1. The van der Waals surface area contributed by atoms with Gasteiger partial charge < -0.3 is 4.74 Å². The number of rotatable bonds is 4. The highest BCUT2D eigenvalue weighted by Crippen LogP contribution is 2.69. The third-order valence-electron chi connectivity index (χ3n) is 17.1. The number of ether oxygens (including phenoxy) is 1. The van der Waals surface area contributed by atoms with Crippen LogP contribution in [-0.4, -0.2) is 34.7 Å². The van der Waals surface area contributed by atoms with Crippen LogP contribution in [0.4, 0.5) is 0 Å². The van der Waals surface area contributed by atoms with Crippen molar-refractivity contribution in [3.05, 3.63) is 46.1 Å². The Labute approximate surface area is 311 Å². The molecule has 0 bridgehead atoms. The molecule has 8 aliphatic rings. The summed E-state index contributed by atoms with van der Waals surface area (Å²) < 4.78 is 5.82. The van der Waals surface area contributed by atoms with Crippen molar-refractivity contribution in [2.24, 2.45) is 51.2 Å². The molecule has 6 nitrogen and oxygen atoms in total. The molecule has 8 aliphatic carbocycles. The number of ketones is 4. The van der Waals surface area contributed by atoms with Gasteiger partial charge in [0, 0.05) is 37.0 Å². The second kappa shape index (κ2) is 12.9. The van der Waals surface area contributed by atoms with Gasteiger partial charge in [-0.2, -0.15) is 0 Å². The molecule has 0 heterocycles. The molecule has 0 aliphatic heterocycles. The summed E-state index contributed by atoms with van der Waals surface area (Å²) in [6, 6.07) is 0. The highest BCUT2D eigenvalue weighted by molar-refractivity contribution is 5.93. The summed E-state index contributed by atoms with van der Waals surface area (Å²) in [4.78, 5) is 61.3. The normalized spacial score (nSPS) is 43.2. The molecule has 8 rings (SSSR count). The van der Waals surface area contributed by atoms with Crippen LogP contribution in [0.25, 0.3) is 0 Å². The van der Waals surface area contributed by atoms with Crippen LogP contribution in [0.5, 0.6) is 0 Å². The van der Waals surface area contributed by atoms with E-state index in [0.717, 1.165) is 57.8 Å². The van der Waals surface area contributed by atoms with Gasteiger partial charge >= 0.3 is 5.97 Å². The van der Waals surface area contributed by atoms with E-state index < -0.39 is 5.60 Å². The Balaban J connectivity index is 0.000000164. The van der Waals surface area contributed by atoms with E-state index in [2.05, 4.69) is 40.7 Å². The van der Waals surface area contributed by atoms with E-state index in [4.69, 9.17) is 4.74 Å². The van der Waals surface area contributed by atoms with Crippen molar-refractivity contribution in [3.8, 4) is 0 Å². The summed E-state index contributed by atoms with van der Waals surface area (Å²) in [5.74, 6) is 3.14. The minimum atomic E-state index is -0.990. The van der Waals surface area contributed by atoms with Crippen LogP contribution in [0.15, 0.2) is 46.1 Å². The molecule has 0 unspecified atom stereocenters. The Hall–Kier alpha value is -2.89. The van der Waals surface area contributed by atoms with Gasteiger partial charge in [-0.3, -0.25) is 24.0 Å². The number of hydrogen-bond acceptors (Lipinski definition) is 6. The Morgan fingerprint density at radius 2 is 1.44 bits per heavy atom. The molecule has 0 aromatic rings. The van der Waals surface area contributed by atoms with Gasteiger partial charge in [0.05, 0.1) is 0 Å². The second-order valence-electron chi connectivity index (χ2n) is 19.0. The number of Topliss-reactive ketones (excluding diaryl/α,β-unsaturated/α-hetero) is 2. The fourth-order valence-electron chi connectivity index (χ4n) is 14.1. The molecule has 282 valence electrons. The van der Waals surface area contributed by atoms with Crippen molar-refractivity contribution < 1.29 is 28.7 Å². The van der Waals surface area contributed by atoms with Crippen molar-refractivity contribution in [2.75, 3.05) is 0 Å². The number of hydrogen-bond donors (Lipinski definition) is 0. The zero-order valence-electron chi connectivity index (χ0n) is 33.2. The van der Waals surface area contributed by atoms with Crippen molar-refractivity contribution in [1.82, 2.24) is 0 Å². The van der Waals surface area contributed by atoms with Crippen LogP contribution in [0.1, 0.15) is 152 Å². The predicted molar refractivity (Wildman–Crippen MR) is 202 cm³/mol. The van der Waals surface area contributed by atoms with Crippen LogP contribution >= 0.6 is 0 Å². The largest absolute Gasteiger partial charge is 0.451 e. The summed E-state index contributed by atoms with van der Waals surface area (Å²) in [5.41, 5.74) is 5.73. The quantitative estimate of drug-likeness (QED) is 0.270. The smallest absolute Gasteiger partial charge is 0.303 e. The van der Waals surface area contributed by atoms with Gasteiger partial charge in [0.25, 0.3) is 0 Å². The highest BCUT2D eigenvalue weighted by atomic mass is 16.6. The SMILES string of the molecule is CC(=O)O[C@]1(C(C)=O)CC[C@H]2[C@@H]3C=C(C)C4=CC(=O)CC[C@]4(C)[C@H]3CC[C@@]21C.CCC(=O)[C@@]1(C)CC[C@H]2[C@@H]3CCC4=CC(=O)CCC4=C3CC[C@@]21C. The lowest BCUT2D eigenvalue weighted by atomic mass is 9.47. The van der Waals surface area contributed by atoms with Crippen molar-refractivity contribution in [2.45, 2.75) is 157 Å². The topological polar surface area (TPSA) is 94.6 Å². The molecule has 0 spiro atoms. The van der Waals surface area contributed by atoms with E-state index in [1.54, 1.807) is 12.5 Å². The van der Waals surface area contributed by atoms with E-state index in [0.29, 0.717) is 66.8 Å². The van der Waals surface area contributed by atoms with Gasteiger partial charge in [-0.25, -0.2) is 0 Å². The molecule has 0 amide bonds. The first-order chi connectivity index (χ1) is 24.5. The first-order valence-corrected chi connectivity index (χ1v) is 20.6. The van der Waals surface area contributed by atoms with Crippen LogP contribution in [0, 0.1) is 51.2 Å². The van der Waals surface area contributed by atoms with Gasteiger partial charge in [0.2, 0.25) is 0 Å². The number of carbonyl (C=O) groups is 5. The van der Waals surface area contributed by atoms with Gasteiger partial charge in [-0.15, -0.1) is 0 Å². The van der Waals surface area contributed by atoms with Gasteiger partial charge in [0.1, 0.15) is 5.78 Å². The van der Waals surface area contributed by atoms with Crippen LogP contribution < -0.4 is 0 Å². The molecule has 0 saturated heterocycles. The zero-order valence-corrected chi connectivity index (χ0v) is 33.2. The zero-order chi connectivity index (χ0) is 37.6. The number of esters is 1. The molecule has 4 saturated carbocycles. The number of fused-ring (bicyclic) bond motifs is 9. The van der Waals surface area contributed by atoms with E-state index >= 15 is 0 Å². The maximum Gasteiger partial charge on any atom is 0.303 e. The number of allylic oxidation sites excluding steroid dienone is 8. The monoisotopic (exact) mass is 710 g/mol. The Morgan fingerprint density at radius 1 is 0.750 bits per heavy atom. The predicted octanol–water partition coefficient (Wildman–Crippen LogP) is 9.75. The summed E-state index contributed by atoms with van der Waals surface area (Å²) >= 11 is 0. The second-order valence-corrected chi connectivity index (χ2v) is 19.0. The average Bonchev–Trinajstić information content (AvgIpc) is 3.56. The third kappa shape index (κ3) is 5.25. The van der Waals surface area contributed by atoms with Gasteiger partial charge in [-0.1, -0.05) is 51.8 Å². The van der Waals surface area contributed by atoms with Gasteiger partial charge in [-0.05, 0) is 160 Å². The summed E-state index contributed by atoms with van der Waals surface area (Å²) in [6.45, 7) is 16.3. The molecular weight excluding hydrogens is 649 g/mol. The number of carbonyl (C=O) groups excluding carboxylic acids is 5. The fraction of sp³-hybridized carbons (Fsp3) is 0.717. The Bertz CT molecular complexity index is 1740. The van der Waals surface area contributed by atoms with E-state index in [9.17, 15) is 24.0 Å². The minimum Gasteiger partial charge on any atom is -0.451 e. The molecular formula is C46H62O6. The maximum atomic E-state index is 12.8. The molecule has 52 heavy (non-hydrogen) atoms. The summed E-state index contributed by atoms with van der Waals surface area (Å²) in [7, 11) is 0. The lowest BCUT2D eigenvalue weighted by molar-refractivity contribution is -0.185. The van der Waals surface area contributed by atoms with Crippen LogP contribution in [0.2, 0.25) is 0 Å².